The minimum atomic E-state index is -0.598. The Bertz CT molecular complexity index is 410. The van der Waals surface area contributed by atoms with E-state index in [4.69, 9.17) is 9.57 Å². The summed E-state index contributed by atoms with van der Waals surface area (Å²) < 4.78 is 5.47. The van der Waals surface area contributed by atoms with E-state index in [2.05, 4.69) is 10.5 Å². The second kappa shape index (κ2) is 4.09. The van der Waals surface area contributed by atoms with Crippen molar-refractivity contribution >= 4 is 5.91 Å². The lowest BCUT2D eigenvalue weighted by molar-refractivity contribution is -0.157. The van der Waals surface area contributed by atoms with E-state index in [1.165, 1.54) is 0 Å². The Morgan fingerprint density at radius 2 is 2.53 bits per heavy atom. The fraction of sp³-hybridized carbons (Fsp3) is 0.500. The average molecular weight is 234 g/mol. The van der Waals surface area contributed by atoms with Crippen LogP contribution < -0.4 is 5.48 Å². The number of fused-ring (bicyclic) bond motifs is 1. The molecular weight excluding hydrogens is 220 g/mol. The summed E-state index contributed by atoms with van der Waals surface area (Å²) in [5.74, 6) is 0.411. The first-order chi connectivity index (χ1) is 8.28. The highest BCUT2D eigenvalue weighted by molar-refractivity contribution is 5.86. The number of carbonyl (C=O) groups excluding carboxylic acids is 1. The summed E-state index contributed by atoms with van der Waals surface area (Å²) in [6.45, 7) is 1.02. The Morgan fingerprint density at radius 1 is 1.65 bits per heavy atom. The van der Waals surface area contributed by atoms with Crippen molar-refractivity contribution in [1.82, 2.24) is 10.5 Å². The lowest BCUT2D eigenvalue weighted by Crippen LogP contribution is -2.50. The smallest absolute Gasteiger partial charge is 0.275 e. The summed E-state index contributed by atoms with van der Waals surface area (Å²) in [6.07, 6.45) is 5.06. The summed E-state index contributed by atoms with van der Waals surface area (Å²) in [4.78, 5) is 20.9. The fourth-order valence-corrected chi connectivity index (χ4v) is 2.40. The molecule has 90 valence electrons. The van der Waals surface area contributed by atoms with Crippen LogP contribution in [0.5, 0.6) is 0 Å². The molecule has 3 heterocycles. The Morgan fingerprint density at radius 3 is 3.18 bits per heavy atom. The standard InChI is InChI=1S/C12H14N2O3/c15-11(12-4-10(5-12)7-16-12)14-17-8-9-2-1-3-13-6-9/h1-3,6,10H,4-5,7-8H2,(H,14,15). The lowest BCUT2D eigenvalue weighted by atomic mass is 9.74. The molecule has 5 nitrogen and oxygen atoms in total. The maximum Gasteiger partial charge on any atom is 0.275 e. The van der Waals surface area contributed by atoms with Crippen LogP contribution in [-0.2, 0) is 21.0 Å². The van der Waals surface area contributed by atoms with Gasteiger partial charge < -0.3 is 4.74 Å². The van der Waals surface area contributed by atoms with Crippen LogP contribution in [0.3, 0.4) is 0 Å². The average Bonchev–Trinajstić information content (AvgIpc) is 2.90. The number of hydroxylamine groups is 1. The van der Waals surface area contributed by atoms with Gasteiger partial charge in [0.15, 0.2) is 0 Å². The largest absolute Gasteiger partial charge is 0.365 e. The minimum Gasteiger partial charge on any atom is -0.365 e. The molecule has 1 amide bonds. The van der Waals surface area contributed by atoms with Gasteiger partial charge in [0.25, 0.3) is 5.91 Å². The predicted octanol–water partition coefficient (Wildman–Crippen LogP) is 0.808. The van der Waals surface area contributed by atoms with Gasteiger partial charge in [-0.25, -0.2) is 5.48 Å². The minimum absolute atomic E-state index is 0.157. The normalized spacial score (nSPS) is 29.8. The van der Waals surface area contributed by atoms with Gasteiger partial charge in [-0.05, 0) is 30.4 Å². The van der Waals surface area contributed by atoms with Crippen LogP contribution in [-0.4, -0.2) is 23.1 Å². The van der Waals surface area contributed by atoms with Crippen LogP contribution in [0.15, 0.2) is 24.5 Å². The monoisotopic (exact) mass is 234 g/mol. The molecule has 2 bridgehead atoms. The number of hydrogen-bond donors (Lipinski definition) is 1. The number of carbonyl (C=O) groups is 1. The van der Waals surface area contributed by atoms with Gasteiger partial charge in [-0.15, -0.1) is 0 Å². The van der Waals surface area contributed by atoms with Gasteiger partial charge in [-0.2, -0.15) is 0 Å². The first-order valence-corrected chi connectivity index (χ1v) is 5.74. The summed E-state index contributed by atoms with van der Waals surface area (Å²) in [5.41, 5.74) is 2.78. The molecule has 4 rings (SSSR count). The van der Waals surface area contributed by atoms with Crippen LogP contribution >= 0.6 is 0 Å². The fourth-order valence-electron chi connectivity index (χ4n) is 2.40. The zero-order chi connectivity index (χ0) is 11.7. The predicted molar refractivity (Wildman–Crippen MR) is 58.6 cm³/mol. The SMILES string of the molecule is O=C(NOCc1cccnc1)C12CC(CO1)C2. The summed E-state index contributed by atoms with van der Waals surface area (Å²) in [6, 6.07) is 3.72. The topological polar surface area (TPSA) is 60.5 Å². The number of aromatic nitrogens is 1. The number of pyridine rings is 1. The third kappa shape index (κ3) is 1.92. The summed E-state index contributed by atoms with van der Waals surface area (Å²) >= 11 is 0. The highest BCUT2D eigenvalue weighted by Crippen LogP contribution is 2.48. The molecule has 0 spiro atoms. The molecule has 0 atom stereocenters. The number of nitrogens with one attached hydrogen (secondary N) is 1. The molecule has 2 aliphatic heterocycles. The van der Waals surface area contributed by atoms with E-state index in [1.54, 1.807) is 12.4 Å². The zero-order valence-corrected chi connectivity index (χ0v) is 9.39. The van der Waals surface area contributed by atoms with E-state index in [1.807, 2.05) is 12.1 Å². The summed E-state index contributed by atoms with van der Waals surface area (Å²) in [5, 5.41) is 0. The first-order valence-electron chi connectivity index (χ1n) is 5.74. The van der Waals surface area contributed by atoms with Crippen LogP contribution in [0.2, 0.25) is 0 Å². The van der Waals surface area contributed by atoms with Gasteiger partial charge in [0.2, 0.25) is 0 Å². The highest BCUT2D eigenvalue weighted by atomic mass is 16.7. The second-order valence-electron chi connectivity index (χ2n) is 4.66. The van der Waals surface area contributed by atoms with Crippen molar-refractivity contribution in [2.24, 2.45) is 5.92 Å². The van der Waals surface area contributed by atoms with Crippen molar-refractivity contribution in [2.45, 2.75) is 25.0 Å². The van der Waals surface area contributed by atoms with Crippen molar-refractivity contribution in [3.05, 3.63) is 30.1 Å². The van der Waals surface area contributed by atoms with Crippen LogP contribution in [0.1, 0.15) is 18.4 Å². The van der Waals surface area contributed by atoms with Crippen molar-refractivity contribution < 1.29 is 14.4 Å². The molecule has 2 saturated heterocycles. The van der Waals surface area contributed by atoms with E-state index in [0.29, 0.717) is 19.1 Å². The Labute approximate surface area is 99.1 Å². The molecule has 0 radical (unpaired) electrons. The molecule has 3 aliphatic rings. The van der Waals surface area contributed by atoms with Gasteiger partial charge in [0, 0.05) is 12.4 Å². The van der Waals surface area contributed by atoms with E-state index in [0.717, 1.165) is 18.4 Å². The first kappa shape index (κ1) is 10.7. The zero-order valence-electron chi connectivity index (χ0n) is 9.39. The van der Waals surface area contributed by atoms with Crippen molar-refractivity contribution in [1.29, 1.82) is 0 Å². The van der Waals surface area contributed by atoms with E-state index in [9.17, 15) is 4.79 Å². The van der Waals surface area contributed by atoms with Crippen LogP contribution in [0.4, 0.5) is 0 Å². The Balaban J connectivity index is 1.47. The third-order valence-electron chi connectivity index (χ3n) is 3.37. The number of amides is 1. The molecular formula is C12H14N2O3. The molecule has 1 N–H and O–H groups in total. The molecule has 0 aromatic carbocycles. The van der Waals surface area contributed by atoms with Gasteiger partial charge in [-0.3, -0.25) is 14.6 Å². The van der Waals surface area contributed by atoms with Crippen LogP contribution in [0, 0.1) is 5.92 Å². The summed E-state index contributed by atoms with van der Waals surface area (Å²) in [7, 11) is 0. The van der Waals surface area contributed by atoms with Gasteiger partial charge in [0.05, 0.1) is 6.61 Å². The molecule has 1 aromatic rings. The van der Waals surface area contributed by atoms with Crippen molar-refractivity contribution in [3.63, 3.8) is 0 Å². The van der Waals surface area contributed by atoms with Gasteiger partial charge in [0.1, 0.15) is 12.2 Å². The van der Waals surface area contributed by atoms with E-state index >= 15 is 0 Å². The second-order valence-corrected chi connectivity index (χ2v) is 4.66. The number of rotatable bonds is 4. The van der Waals surface area contributed by atoms with E-state index < -0.39 is 5.60 Å². The molecule has 1 aromatic heterocycles. The molecule has 0 unspecified atom stereocenters. The molecule has 1 saturated carbocycles. The van der Waals surface area contributed by atoms with Crippen molar-refractivity contribution in [2.75, 3.05) is 6.61 Å². The van der Waals surface area contributed by atoms with Crippen molar-refractivity contribution in [3.8, 4) is 0 Å². The maximum atomic E-state index is 11.8. The Hall–Kier alpha value is -1.46. The number of hydrogen-bond acceptors (Lipinski definition) is 4. The van der Waals surface area contributed by atoms with Crippen LogP contribution in [0.25, 0.3) is 0 Å². The lowest BCUT2D eigenvalue weighted by Gasteiger charge is -2.33. The van der Waals surface area contributed by atoms with Gasteiger partial charge in [-0.1, -0.05) is 6.07 Å². The van der Waals surface area contributed by atoms with E-state index in [-0.39, 0.29) is 5.91 Å². The maximum absolute atomic E-state index is 11.8. The molecule has 1 aliphatic carbocycles. The highest BCUT2D eigenvalue weighted by Gasteiger charge is 2.57. The molecule has 3 fully saturated rings. The third-order valence-corrected chi connectivity index (χ3v) is 3.37. The van der Waals surface area contributed by atoms with Gasteiger partial charge >= 0.3 is 0 Å². The number of ether oxygens (including phenoxy) is 1. The molecule has 5 heteroatoms. The Kier molecular flexibility index (Phi) is 2.57. The number of nitrogens with zero attached hydrogens (tertiary/aromatic N) is 1. The quantitative estimate of drug-likeness (QED) is 0.783. The molecule has 17 heavy (non-hydrogen) atoms.